The molecule has 2 aliphatic rings. The molecule has 0 saturated carbocycles. The number of nitrogens with one attached hydrogen (secondary N) is 1. The minimum Gasteiger partial charge on any atom is -0.406 e. The largest absolute Gasteiger partial charge is 0.573 e. The number of piperidine rings is 1. The molecular weight excluding hydrogens is 421 g/mol. The molecule has 0 bridgehead atoms. The number of hydrogen-bond donors (Lipinski definition) is 1. The first-order valence-corrected chi connectivity index (χ1v) is 11.4. The second-order valence-electron chi connectivity index (χ2n) is 7.60. The van der Waals surface area contributed by atoms with Gasteiger partial charge in [-0.15, -0.1) is 13.2 Å². The molecule has 1 aromatic carbocycles. The van der Waals surface area contributed by atoms with E-state index in [1.165, 1.54) is 16.4 Å². The molecule has 0 spiro atoms. The van der Waals surface area contributed by atoms with Gasteiger partial charge in [-0.25, -0.2) is 8.42 Å². The van der Waals surface area contributed by atoms with Crippen LogP contribution in [0.3, 0.4) is 0 Å². The summed E-state index contributed by atoms with van der Waals surface area (Å²) in [4.78, 5) is 12.2. The summed E-state index contributed by atoms with van der Waals surface area (Å²) in [5.74, 6) is -0.487. The Kier molecular flexibility index (Phi) is 7.07. The molecule has 1 atom stereocenters. The smallest absolute Gasteiger partial charge is 0.406 e. The third kappa shape index (κ3) is 5.98. The maximum absolute atomic E-state index is 12.8. The Morgan fingerprint density at radius 1 is 1.17 bits per heavy atom. The number of alkyl halides is 3. The monoisotopic (exact) mass is 446 g/mol. The summed E-state index contributed by atoms with van der Waals surface area (Å²) >= 11 is 0. The molecule has 0 aromatic heterocycles. The molecule has 166 valence electrons. The van der Waals surface area contributed by atoms with Gasteiger partial charge in [0.05, 0.1) is 4.90 Å². The first kappa shape index (κ1) is 22.6. The standard InChI is InChI=1S/C20H25F3N2O4S/c21-20(22,23)29-17-7-4-8-18(13-17)30(27,28)25-11-9-16(10-12-25)19(26)24-14-15-5-2-1-3-6-15/h1-2,4,7-8,13,15-16H,3,5-6,9-12,14H2,(H,24,26). The molecule has 1 aliphatic heterocycles. The van der Waals surface area contributed by atoms with Gasteiger partial charge in [0.1, 0.15) is 5.75 Å². The predicted molar refractivity (Wildman–Crippen MR) is 104 cm³/mol. The first-order chi connectivity index (χ1) is 14.1. The van der Waals surface area contributed by atoms with E-state index in [-0.39, 0.29) is 29.8 Å². The van der Waals surface area contributed by atoms with Crippen LogP contribution < -0.4 is 10.1 Å². The topological polar surface area (TPSA) is 75.7 Å². The zero-order valence-electron chi connectivity index (χ0n) is 16.4. The number of allylic oxidation sites excluding steroid dienone is 2. The van der Waals surface area contributed by atoms with Crippen LogP contribution in [0.2, 0.25) is 0 Å². The minimum absolute atomic E-state index is 0.0674. The van der Waals surface area contributed by atoms with Crippen molar-refractivity contribution in [3.63, 3.8) is 0 Å². The molecule has 1 aromatic rings. The van der Waals surface area contributed by atoms with Crippen molar-refractivity contribution >= 4 is 15.9 Å². The number of rotatable bonds is 6. The quantitative estimate of drug-likeness (QED) is 0.679. The molecule has 6 nitrogen and oxygen atoms in total. The number of ether oxygens (including phenoxy) is 1. The van der Waals surface area contributed by atoms with Gasteiger partial charge < -0.3 is 10.1 Å². The molecule has 1 amide bonds. The number of amides is 1. The van der Waals surface area contributed by atoms with Crippen molar-refractivity contribution in [2.45, 2.75) is 43.4 Å². The van der Waals surface area contributed by atoms with E-state index in [2.05, 4.69) is 22.2 Å². The highest BCUT2D eigenvalue weighted by Gasteiger charge is 2.34. The maximum Gasteiger partial charge on any atom is 0.573 e. The van der Waals surface area contributed by atoms with Crippen molar-refractivity contribution in [3.05, 3.63) is 36.4 Å². The van der Waals surface area contributed by atoms with Gasteiger partial charge in [0.25, 0.3) is 0 Å². The van der Waals surface area contributed by atoms with Gasteiger partial charge in [-0.3, -0.25) is 4.79 Å². The summed E-state index contributed by atoms with van der Waals surface area (Å²) in [6.07, 6.45) is 3.12. The Morgan fingerprint density at radius 3 is 2.53 bits per heavy atom. The first-order valence-electron chi connectivity index (χ1n) is 9.94. The number of sulfonamides is 1. The lowest BCUT2D eigenvalue weighted by Crippen LogP contribution is -2.43. The van der Waals surface area contributed by atoms with Crippen LogP contribution in [0.15, 0.2) is 41.3 Å². The van der Waals surface area contributed by atoms with Crippen LogP contribution in [0.5, 0.6) is 5.75 Å². The summed E-state index contributed by atoms with van der Waals surface area (Å²) in [7, 11) is -3.97. The lowest BCUT2D eigenvalue weighted by atomic mass is 9.93. The average molecular weight is 446 g/mol. The van der Waals surface area contributed by atoms with Gasteiger partial charge in [0.2, 0.25) is 15.9 Å². The van der Waals surface area contributed by atoms with E-state index in [0.717, 1.165) is 31.4 Å². The van der Waals surface area contributed by atoms with Crippen molar-refractivity contribution < 1.29 is 31.1 Å². The summed E-state index contributed by atoms with van der Waals surface area (Å²) in [5, 5.41) is 2.97. The maximum atomic E-state index is 12.8. The molecular formula is C20H25F3N2O4S. The Bertz CT molecular complexity index is 878. The number of benzene rings is 1. The zero-order valence-corrected chi connectivity index (χ0v) is 17.2. The van der Waals surface area contributed by atoms with Crippen LogP contribution in [-0.4, -0.2) is 44.6 Å². The van der Waals surface area contributed by atoms with Crippen LogP contribution in [-0.2, 0) is 14.8 Å². The molecule has 1 saturated heterocycles. The van der Waals surface area contributed by atoms with Crippen LogP contribution >= 0.6 is 0 Å². The van der Waals surface area contributed by atoms with Gasteiger partial charge >= 0.3 is 6.36 Å². The van der Waals surface area contributed by atoms with Crippen molar-refractivity contribution in [2.24, 2.45) is 11.8 Å². The van der Waals surface area contributed by atoms with Crippen molar-refractivity contribution in [1.82, 2.24) is 9.62 Å². The summed E-state index contributed by atoms with van der Waals surface area (Å²) in [6, 6.07) is 4.34. The Morgan fingerprint density at radius 2 is 1.90 bits per heavy atom. The molecule has 3 rings (SSSR count). The average Bonchev–Trinajstić information content (AvgIpc) is 2.72. The highest BCUT2D eigenvalue weighted by molar-refractivity contribution is 7.89. The summed E-state index contributed by atoms with van der Waals surface area (Å²) < 4.78 is 67.8. The van der Waals surface area contributed by atoms with E-state index in [1.54, 1.807) is 0 Å². The van der Waals surface area contributed by atoms with Crippen molar-refractivity contribution in [2.75, 3.05) is 19.6 Å². The third-order valence-corrected chi connectivity index (χ3v) is 7.34. The number of nitrogens with zero attached hydrogens (tertiary/aromatic N) is 1. The van der Waals surface area contributed by atoms with Gasteiger partial charge in [-0.2, -0.15) is 4.31 Å². The molecule has 1 unspecified atom stereocenters. The molecule has 1 aliphatic carbocycles. The zero-order chi connectivity index (χ0) is 21.8. The molecule has 1 heterocycles. The number of hydrogen-bond acceptors (Lipinski definition) is 4. The number of carbonyl (C=O) groups is 1. The van der Waals surface area contributed by atoms with Gasteiger partial charge in [-0.05, 0) is 50.2 Å². The summed E-state index contributed by atoms with van der Waals surface area (Å²) in [6.45, 7) is 0.890. The SMILES string of the molecule is O=C(NCC1CC=CCC1)C1CCN(S(=O)(=O)c2cccc(OC(F)(F)F)c2)CC1. The van der Waals surface area contributed by atoms with E-state index in [4.69, 9.17) is 0 Å². The molecule has 1 fully saturated rings. The lowest BCUT2D eigenvalue weighted by molar-refractivity contribution is -0.274. The van der Waals surface area contributed by atoms with E-state index >= 15 is 0 Å². The van der Waals surface area contributed by atoms with E-state index in [0.29, 0.717) is 25.3 Å². The number of carbonyl (C=O) groups excluding carboxylic acids is 1. The highest BCUT2D eigenvalue weighted by Crippen LogP contribution is 2.28. The molecule has 10 heteroatoms. The van der Waals surface area contributed by atoms with E-state index < -0.39 is 22.1 Å². The summed E-state index contributed by atoms with van der Waals surface area (Å²) in [5.41, 5.74) is 0. The van der Waals surface area contributed by atoms with Crippen LogP contribution in [0.4, 0.5) is 13.2 Å². The molecule has 30 heavy (non-hydrogen) atoms. The second-order valence-corrected chi connectivity index (χ2v) is 9.53. The molecule has 0 radical (unpaired) electrons. The van der Waals surface area contributed by atoms with Crippen LogP contribution in [0, 0.1) is 11.8 Å². The fourth-order valence-corrected chi connectivity index (χ4v) is 5.28. The van der Waals surface area contributed by atoms with E-state index in [1.807, 2.05) is 0 Å². The third-order valence-electron chi connectivity index (χ3n) is 5.44. The Labute approximate surface area is 174 Å². The van der Waals surface area contributed by atoms with Crippen LogP contribution in [0.1, 0.15) is 32.1 Å². The second kappa shape index (κ2) is 9.38. The fraction of sp³-hybridized carbons (Fsp3) is 0.550. The van der Waals surface area contributed by atoms with Crippen LogP contribution in [0.25, 0.3) is 0 Å². The van der Waals surface area contributed by atoms with Gasteiger partial charge in [0, 0.05) is 31.6 Å². The Hall–Kier alpha value is -2.07. The molecule has 1 N–H and O–H groups in total. The number of halogens is 3. The lowest BCUT2D eigenvalue weighted by Gasteiger charge is -2.31. The highest BCUT2D eigenvalue weighted by atomic mass is 32.2. The van der Waals surface area contributed by atoms with E-state index in [9.17, 15) is 26.4 Å². The Balaban J connectivity index is 1.55. The normalized spacial score (nSPS) is 21.4. The van der Waals surface area contributed by atoms with Crippen molar-refractivity contribution in [1.29, 1.82) is 0 Å². The van der Waals surface area contributed by atoms with Crippen molar-refractivity contribution in [3.8, 4) is 5.75 Å². The fourth-order valence-electron chi connectivity index (χ4n) is 3.77. The predicted octanol–water partition coefficient (Wildman–Crippen LogP) is 3.46. The van der Waals surface area contributed by atoms with Gasteiger partial charge in [-0.1, -0.05) is 18.2 Å². The minimum atomic E-state index is -4.90. The van der Waals surface area contributed by atoms with Gasteiger partial charge in [0.15, 0.2) is 0 Å².